The number of nitrogens with zero attached hydrogens (tertiary/aromatic N) is 2. The summed E-state index contributed by atoms with van der Waals surface area (Å²) in [6.07, 6.45) is 3.98. The summed E-state index contributed by atoms with van der Waals surface area (Å²) in [6.45, 7) is 4.73. The highest BCUT2D eigenvalue weighted by atomic mass is 16.5. The van der Waals surface area contributed by atoms with E-state index in [4.69, 9.17) is 0 Å². The summed E-state index contributed by atoms with van der Waals surface area (Å²) in [6, 6.07) is 0. The highest BCUT2D eigenvalue weighted by molar-refractivity contribution is 5.57. The Balaban J connectivity index is 2.45. The fourth-order valence-electron chi connectivity index (χ4n) is 1.09. The van der Waals surface area contributed by atoms with Crippen LogP contribution in [0.1, 0.15) is 12.8 Å². The first-order valence-electron chi connectivity index (χ1n) is 3.99. The van der Waals surface area contributed by atoms with Gasteiger partial charge < -0.3 is 15.1 Å². The Morgan fingerprint density at radius 2 is 2.42 bits per heavy atom. The Bertz CT molecular complexity index is 189. The number of hydrogen-bond donors (Lipinski definition) is 2. The molecule has 0 amide bonds. The van der Waals surface area contributed by atoms with Crippen LogP contribution in [-0.4, -0.2) is 40.5 Å². The maximum atomic E-state index is 9.49. The third-order valence-electron chi connectivity index (χ3n) is 1.83. The summed E-state index contributed by atoms with van der Waals surface area (Å²) in [5.74, 6) is -1.76. The van der Waals surface area contributed by atoms with E-state index >= 15 is 0 Å². The molecule has 4 nitrogen and oxygen atoms in total. The molecule has 0 atom stereocenters. The Morgan fingerprint density at radius 3 is 2.92 bits per heavy atom. The maximum Gasteiger partial charge on any atom is 0.247 e. The zero-order valence-electron chi connectivity index (χ0n) is 6.98. The molecular formula is C8H14N2O2. The van der Waals surface area contributed by atoms with Gasteiger partial charge in [-0.3, -0.25) is 4.99 Å². The van der Waals surface area contributed by atoms with E-state index in [0.717, 1.165) is 0 Å². The Labute approximate surface area is 71.8 Å². The molecule has 2 N–H and O–H groups in total. The van der Waals surface area contributed by atoms with Gasteiger partial charge in [0.1, 0.15) is 0 Å². The van der Waals surface area contributed by atoms with Gasteiger partial charge in [0.05, 0.1) is 12.9 Å². The molecule has 1 aliphatic heterocycles. The average Bonchev–Trinajstić information content (AvgIpc) is 2.53. The molecule has 0 aromatic rings. The van der Waals surface area contributed by atoms with Crippen molar-refractivity contribution in [2.45, 2.75) is 18.8 Å². The summed E-state index contributed by atoms with van der Waals surface area (Å²) < 4.78 is 0. The van der Waals surface area contributed by atoms with Gasteiger partial charge in [0, 0.05) is 13.0 Å². The third kappa shape index (κ3) is 2.06. The van der Waals surface area contributed by atoms with Crippen LogP contribution in [0.25, 0.3) is 0 Å². The van der Waals surface area contributed by atoms with Crippen molar-refractivity contribution in [3.8, 4) is 0 Å². The fourth-order valence-corrected chi connectivity index (χ4v) is 1.09. The summed E-state index contributed by atoms with van der Waals surface area (Å²) >= 11 is 0. The van der Waals surface area contributed by atoms with E-state index in [0.29, 0.717) is 19.5 Å². The van der Waals surface area contributed by atoms with Crippen molar-refractivity contribution >= 4 is 6.34 Å². The molecule has 0 radical (unpaired) electrons. The highest BCUT2D eigenvalue weighted by Gasteiger charge is 2.30. The van der Waals surface area contributed by atoms with E-state index in [2.05, 4.69) is 11.6 Å². The minimum atomic E-state index is -1.76. The molecule has 1 rings (SSSR count). The smallest absolute Gasteiger partial charge is 0.247 e. The first-order valence-corrected chi connectivity index (χ1v) is 3.99. The molecule has 0 aliphatic carbocycles. The van der Waals surface area contributed by atoms with Crippen LogP contribution in [0.5, 0.6) is 0 Å². The molecule has 4 heteroatoms. The van der Waals surface area contributed by atoms with Crippen molar-refractivity contribution < 1.29 is 10.2 Å². The lowest BCUT2D eigenvalue weighted by Crippen LogP contribution is -2.47. The van der Waals surface area contributed by atoms with Gasteiger partial charge in [0.15, 0.2) is 0 Å². The third-order valence-corrected chi connectivity index (χ3v) is 1.83. The zero-order valence-corrected chi connectivity index (χ0v) is 6.98. The lowest BCUT2D eigenvalue weighted by Gasteiger charge is -2.30. The van der Waals surface area contributed by atoms with E-state index in [-0.39, 0.29) is 6.42 Å². The second-order valence-corrected chi connectivity index (χ2v) is 2.82. The van der Waals surface area contributed by atoms with Gasteiger partial charge >= 0.3 is 0 Å². The van der Waals surface area contributed by atoms with Gasteiger partial charge in [-0.15, -0.1) is 6.58 Å². The van der Waals surface area contributed by atoms with E-state index in [9.17, 15) is 10.2 Å². The number of aliphatic hydroxyl groups is 2. The van der Waals surface area contributed by atoms with E-state index in [1.165, 1.54) is 11.2 Å². The van der Waals surface area contributed by atoms with Crippen LogP contribution in [0, 0.1) is 0 Å². The number of rotatable bonds is 4. The lowest BCUT2D eigenvalue weighted by molar-refractivity contribution is -0.238. The van der Waals surface area contributed by atoms with E-state index in [1.54, 1.807) is 6.08 Å². The molecule has 0 spiro atoms. The highest BCUT2D eigenvalue weighted by Crippen LogP contribution is 2.15. The van der Waals surface area contributed by atoms with Crippen LogP contribution in [-0.2, 0) is 0 Å². The molecule has 0 aromatic heterocycles. The van der Waals surface area contributed by atoms with Crippen LogP contribution in [0.3, 0.4) is 0 Å². The number of allylic oxidation sites excluding steroid dienone is 1. The topological polar surface area (TPSA) is 56.1 Å². The van der Waals surface area contributed by atoms with Crippen molar-refractivity contribution in [2.24, 2.45) is 4.99 Å². The van der Waals surface area contributed by atoms with E-state index in [1.807, 2.05) is 0 Å². The van der Waals surface area contributed by atoms with Crippen molar-refractivity contribution in [3.63, 3.8) is 0 Å². The van der Waals surface area contributed by atoms with Gasteiger partial charge in [-0.05, 0) is 6.42 Å². The largest absolute Gasteiger partial charge is 0.349 e. The van der Waals surface area contributed by atoms with Gasteiger partial charge in [0.25, 0.3) is 0 Å². The molecule has 1 heterocycles. The van der Waals surface area contributed by atoms with Crippen LogP contribution in [0.4, 0.5) is 0 Å². The fraction of sp³-hybridized carbons (Fsp3) is 0.625. The van der Waals surface area contributed by atoms with Crippen LogP contribution < -0.4 is 0 Å². The molecule has 0 saturated carbocycles. The monoisotopic (exact) mass is 170 g/mol. The molecule has 0 bridgehead atoms. The second-order valence-electron chi connectivity index (χ2n) is 2.82. The lowest BCUT2D eigenvalue weighted by atomic mass is 10.2. The normalized spacial score (nSPS) is 17.0. The van der Waals surface area contributed by atoms with Gasteiger partial charge in [-0.25, -0.2) is 0 Å². The molecule has 0 fully saturated rings. The maximum absolute atomic E-state index is 9.49. The summed E-state index contributed by atoms with van der Waals surface area (Å²) in [4.78, 5) is 5.32. The predicted octanol–water partition coefficient (Wildman–Crippen LogP) is -0.0651. The van der Waals surface area contributed by atoms with Crippen LogP contribution in [0.15, 0.2) is 17.6 Å². The Kier molecular flexibility index (Phi) is 2.83. The van der Waals surface area contributed by atoms with E-state index < -0.39 is 5.91 Å². The summed E-state index contributed by atoms with van der Waals surface area (Å²) in [7, 11) is 0. The van der Waals surface area contributed by atoms with Crippen molar-refractivity contribution in [2.75, 3.05) is 13.1 Å². The average molecular weight is 170 g/mol. The Morgan fingerprint density at radius 1 is 1.67 bits per heavy atom. The van der Waals surface area contributed by atoms with Gasteiger partial charge in [-0.1, -0.05) is 6.08 Å². The van der Waals surface area contributed by atoms with Gasteiger partial charge in [-0.2, -0.15) is 0 Å². The zero-order chi connectivity index (χ0) is 9.03. The quantitative estimate of drug-likeness (QED) is 0.459. The minimum absolute atomic E-state index is 0.266. The Hall–Kier alpha value is -0.870. The SMILES string of the molecule is C=CCCC(O)(O)N1C=NCC1. The molecule has 0 saturated heterocycles. The minimum Gasteiger partial charge on any atom is -0.349 e. The van der Waals surface area contributed by atoms with Crippen molar-refractivity contribution in [1.29, 1.82) is 0 Å². The standard InChI is InChI=1S/C8H14N2O2/c1-2-3-4-8(11,12)10-6-5-9-7-10/h2,7,11-12H,1,3-6H2. The summed E-state index contributed by atoms with van der Waals surface area (Å²) in [5, 5.41) is 19.0. The predicted molar refractivity (Wildman–Crippen MR) is 46.7 cm³/mol. The second kappa shape index (κ2) is 3.69. The van der Waals surface area contributed by atoms with Crippen molar-refractivity contribution in [1.82, 2.24) is 4.90 Å². The molecular weight excluding hydrogens is 156 g/mol. The molecule has 12 heavy (non-hydrogen) atoms. The van der Waals surface area contributed by atoms with Crippen LogP contribution in [0.2, 0.25) is 0 Å². The van der Waals surface area contributed by atoms with Crippen molar-refractivity contribution in [3.05, 3.63) is 12.7 Å². The molecule has 0 aromatic carbocycles. The molecule has 0 unspecified atom stereocenters. The van der Waals surface area contributed by atoms with Gasteiger partial charge in [0.2, 0.25) is 5.91 Å². The first-order chi connectivity index (χ1) is 5.67. The molecule has 68 valence electrons. The summed E-state index contributed by atoms with van der Waals surface area (Å²) in [5.41, 5.74) is 0. The number of aliphatic imine (C=N–C) groups is 1. The van der Waals surface area contributed by atoms with Crippen LogP contribution >= 0.6 is 0 Å². The molecule has 1 aliphatic rings. The first kappa shape index (κ1) is 9.22. The number of hydrogen-bond acceptors (Lipinski definition) is 4.